The van der Waals surface area contributed by atoms with Crippen LogP contribution in [0.25, 0.3) is 0 Å². The van der Waals surface area contributed by atoms with Crippen LogP contribution in [0.2, 0.25) is 0 Å². The highest BCUT2D eigenvalue weighted by Gasteiger charge is 2.02. The monoisotopic (exact) mass is 314 g/mol. The number of hydrogen-bond donors (Lipinski definition) is 1. The van der Waals surface area contributed by atoms with Gasteiger partial charge in [0.1, 0.15) is 11.4 Å². The number of pyridine rings is 2. The van der Waals surface area contributed by atoms with Gasteiger partial charge in [-0.15, -0.1) is 29.4 Å². The molecule has 0 aromatic carbocycles. The van der Waals surface area contributed by atoms with Crippen LogP contribution in [0.15, 0.2) is 47.9 Å². The second-order valence-electron chi connectivity index (χ2n) is 3.33. The molecule has 0 bridgehead atoms. The van der Waals surface area contributed by atoms with Gasteiger partial charge in [0.25, 0.3) is 0 Å². The van der Waals surface area contributed by atoms with E-state index in [1.54, 1.807) is 17.0 Å². The normalized spacial score (nSPS) is 9.05. The molecule has 0 fully saturated rings. The van der Waals surface area contributed by atoms with Crippen molar-refractivity contribution < 1.29 is 14.2 Å². The van der Waals surface area contributed by atoms with Crippen LogP contribution >= 0.6 is 24.8 Å². The molecule has 0 saturated carbocycles. The first-order chi connectivity index (χ1) is 8.79. The standard InChI is InChI=1S/C13H8FN3O.2ClH/c14-12-5-4-11(16-13(12)10-15-18)6-9-17-7-2-1-3-8-17;;/h1-5,7-8,10H;2*1H/p+1. The Balaban J connectivity index is 0.00000180. The Labute approximate surface area is 127 Å². The minimum absolute atomic E-state index is 0. The van der Waals surface area contributed by atoms with Gasteiger partial charge in [0.2, 0.25) is 6.04 Å². The fraction of sp³-hybridized carbons (Fsp3) is 0. The Hall–Kier alpha value is -2.16. The van der Waals surface area contributed by atoms with Gasteiger partial charge in [-0.2, -0.15) is 0 Å². The van der Waals surface area contributed by atoms with Crippen molar-refractivity contribution >= 4 is 31.0 Å². The summed E-state index contributed by atoms with van der Waals surface area (Å²) in [5.74, 6) is 2.21. The first kappa shape index (κ1) is 17.8. The number of oxime groups is 1. The topological polar surface area (TPSA) is 49.4 Å². The molecule has 104 valence electrons. The summed E-state index contributed by atoms with van der Waals surface area (Å²) in [5.41, 5.74) is 0.338. The summed E-state index contributed by atoms with van der Waals surface area (Å²) >= 11 is 0. The van der Waals surface area contributed by atoms with Crippen molar-refractivity contribution in [1.29, 1.82) is 0 Å². The summed E-state index contributed by atoms with van der Waals surface area (Å²) < 4.78 is 14.9. The fourth-order valence-corrected chi connectivity index (χ4v) is 1.27. The molecule has 0 spiro atoms. The number of nitrogens with zero attached hydrogens (tertiary/aromatic N) is 3. The number of aromatic nitrogens is 2. The Morgan fingerprint density at radius 1 is 1.20 bits per heavy atom. The Morgan fingerprint density at radius 3 is 2.55 bits per heavy atom. The summed E-state index contributed by atoms with van der Waals surface area (Å²) in [6.07, 6.45) is 4.50. The van der Waals surface area contributed by atoms with Gasteiger partial charge >= 0.3 is 0 Å². The largest absolute Gasteiger partial charge is 0.411 e. The molecule has 0 aliphatic carbocycles. The van der Waals surface area contributed by atoms with Crippen molar-refractivity contribution in [1.82, 2.24) is 4.98 Å². The van der Waals surface area contributed by atoms with E-state index >= 15 is 0 Å². The second kappa shape index (κ2) is 8.86. The van der Waals surface area contributed by atoms with Crippen molar-refractivity contribution in [2.45, 2.75) is 0 Å². The molecule has 20 heavy (non-hydrogen) atoms. The van der Waals surface area contributed by atoms with E-state index in [0.717, 1.165) is 6.21 Å². The Bertz CT molecular complexity index is 639. The maximum atomic E-state index is 13.2. The van der Waals surface area contributed by atoms with Gasteiger partial charge in [0, 0.05) is 18.1 Å². The van der Waals surface area contributed by atoms with Crippen LogP contribution in [0.3, 0.4) is 0 Å². The molecular formula is C13H11Cl2FN3O+. The molecule has 4 nitrogen and oxygen atoms in total. The lowest BCUT2D eigenvalue weighted by Gasteiger charge is -1.94. The molecule has 2 aromatic heterocycles. The van der Waals surface area contributed by atoms with Crippen LogP contribution in [-0.2, 0) is 0 Å². The molecule has 1 N–H and O–H groups in total. The van der Waals surface area contributed by atoms with E-state index in [4.69, 9.17) is 5.21 Å². The van der Waals surface area contributed by atoms with Crippen LogP contribution in [0, 0.1) is 17.8 Å². The van der Waals surface area contributed by atoms with Crippen molar-refractivity contribution in [2.24, 2.45) is 5.16 Å². The van der Waals surface area contributed by atoms with Crippen molar-refractivity contribution in [3.05, 3.63) is 59.9 Å². The highest BCUT2D eigenvalue weighted by Crippen LogP contribution is 2.02. The molecule has 2 rings (SSSR count). The zero-order valence-electron chi connectivity index (χ0n) is 10.1. The summed E-state index contributed by atoms with van der Waals surface area (Å²) in [6, 6.07) is 11.1. The van der Waals surface area contributed by atoms with E-state index in [2.05, 4.69) is 22.1 Å². The summed E-state index contributed by atoms with van der Waals surface area (Å²) in [7, 11) is 0. The molecule has 0 radical (unpaired) electrons. The van der Waals surface area contributed by atoms with Gasteiger partial charge in [0.15, 0.2) is 18.2 Å². The zero-order valence-corrected chi connectivity index (χ0v) is 11.7. The molecule has 0 amide bonds. The van der Waals surface area contributed by atoms with Gasteiger partial charge in [-0.25, -0.2) is 9.37 Å². The van der Waals surface area contributed by atoms with Crippen LogP contribution in [0.1, 0.15) is 11.4 Å². The third kappa shape index (κ3) is 4.84. The molecular weight excluding hydrogens is 304 g/mol. The fourth-order valence-electron chi connectivity index (χ4n) is 1.27. The SMILES string of the molecule is Cl.Cl.ON=Cc1nc(C#C[n+]2ccccc2)ccc1F. The summed E-state index contributed by atoms with van der Waals surface area (Å²) in [6.45, 7) is 0. The molecule has 2 aromatic rings. The lowest BCUT2D eigenvalue weighted by atomic mass is 10.3. The molecule has 0 saturated heterocycles. The third-order valence-corrected chi connectivity index (χ3v) is 2.08. The Kier molecular flexibility index (Phi) is 7.90. The van der Waals surface area contributed by atoms with Crippen molar-refractivity contribution in [3.8, 4) is 12.0 Å². The van der Waals surface area contributed by atoms with Gasteiger partial charge in [0.05, 0.1) is 6.21 Å². The van der Waals surface area contributed by atoms with Crippen LogP contribution in [0.4, 0.5) is 4.39 Å². The van der Waals surface area contributed by atoms with E-state index in [9.17, 15) is 4.39 Å². The highest BCUT2D eigenvalue weighted by atomic mass is 35.5. The lowest BCUT2D eigenvalue weighted by Crippen LogP contribution is -2.25. The maximum absolute atomic E-state index is 13.2. The molecule has 2 heterocycles. The Morgan fingerprint density at radius 2 is 1.90 bits per heavy atom. The maximum Gasteiger partial charge on any atom is 0.235 e. The number of rotatable bonds is 1. The van der Waals surface area contributed by atoms with Crippen LogP contribution in [0.5, 0.6) is 0 Å². The highest BCUT2D eigenvalue weighted by molar-refractivity contribution is 5.85. The van der Waals surface area contributed by atoms with E-state index < -0.39 is 5.82 Å². The zero-order chi connectivity index (χ0) is 12.8. The third-order valence-electron chi connectivity index (χ3n) is 2.08. The summed E-state index contributed by atoms with van der Waals surface area (Å²) in [5, 5.41) is 11.1. The summed E-state index contributed by atoms with van der Waals surface area (Å²) in [4.78, 5) is 3.91. The van der Waals surface area contributed by atoms with E-state index in [-0.39, 0.29) is 30.5 Å². The predicted molar refractivity (Wildman–Crippen MR) is 77.0 cm³/mol. The molecule has 0 aliphatic heterocycles. The number of halogens is 3. The van der Waals surface area contributed by atoms with E-state index in [1.807, 2.05) is 18.2 Å². The second-order valence-corrected chi connectivity index (χ2v) is 3.33. The van der Waals surface area contributed by atoms with Gasteiger partial charge in [-0.1, -0.05) is 11.2 Å². The van der Waals surface area contributed by atoms with Gasteiger partial charge in [-0.3, -0.25) is 0 Å². The number of hydrogen-bond acceptors (Lipinski definition) is 3. The molecule has 0 atom stereocenters. The van der Waals surface area contributed by atoms with E-state index in [1.165, 1.54) is 12.1 Å². The van der Waals surface area contributed by atoms with Crippen molar-refractivity contribution in [3.63, 3.8) is 0 Å². The van der Waals surface area contributed by atoms with Crippen molar-refractivity contribution in [2.75, 3.05) is 0 Å². The quantitative estimate of drug-likeness (QED) is 0.288. The first-order valence-corrected chi connectivity index (χ1v) is 5.12. The average Bonchev–Trinajstić information content (AvgIpc) is 2.41. The first-order valence-electron chi connectivity index (χ1n) is 5.12. The van der Waals surface area contributed by atoms with E-state index in [0.29, 0.717) is 5.69 Å². The molecule has 7 heteroatoms. The van der Waals surface area contributed by atoms with Gasteiger partial charge in [-0.05, 0) is 12.1 Å². The average molecular weight is 315 g/mol. The molecule has 0 aliphatic rings. The van der Waals surface area contributed by atoms with Gasteiger partial charge < -0.3 is 5.21 Å². The predicted octanol–water partition coefficient (Wildman–Crippen LogP) is 2.02. The lowest BCUT2D eigenvalue weighted by molar-refractivity contribution is -0.583. The molecule has 0 unspecified atom stereocenters. The smallest absolute Gasteiger partial charge is 0.235 e. The minimum atomic E-state index is -0.564. The van der Waals surface area contributed by atoms with Crippen LogP contribution in [-0.4, -0.2) is 16.4 Å². The van der Waals surface area contributed by atoms with Crippen LogP contribution < -0.4 is 4.57 Å². The minimum Gasteiger partial charge on any atom is -0.411 e.